The molecule has 0 spiro atoms. The molecule has 3 aromatic rings. The molecule has 2 N–H and O–H groups in total. The third-order valence-corrected chi connectivity index (χ3v) is 5.69. The van der Waals surface area contributed by atoms with Gasteiger partial charge in [-0.15, -0.1) is 0 Å². The molecule has 0 aliphatic heterocycles. The fraction of sp³-hybridized carbons (Fsp3) is 0.167. The van der Waals surface area contributed by atoms with Gasteiger partial charge in [0, 0.05) is 13.2 Å². The lowest BCUT2D eigenvalue weighted by atomic mass is 10.2. The maximum absolute atomic E-state index is 14.0. The van der Waals surface area contributed by atoms with Gasteiger partial charge in [0.1, 0.15) is 23.2 Å². The molecular formula is C18H15F4N3O3S. The second-order valence-corrected chi connectivity index (χ2v) is 7.93. The molecule has 2 aromatic carbocycles. The van der Waals surface area contributed by atoms with Crippen molar-refractivity contribution in [2.45, 2.75) is 18.0 Å². The molecule has 1 heterocycles. The maximum atomic E-state index is 14.0. The summed E-state index contributed by atoms with van der Waals surface area (Å²) in [5.41, 5.74) is -0.791. The Morgan fingerprint density at radius 3 is 2.28 bits per heavy atom. The van der Waals surface area contributed by atoms with Crippen molar-refractivity contribution in [2.75, 3.05) is 0 Å². The van der Waals surface area contributed by atoms with Crippen molar-refractivity contribution in [2.24, 2.45) is 7.05 Å². The lowest BCUT2D eigenvalue weighted by Crippen LogP contribution is -2.29. The molecule has 0 aliphatic rings. The third kappa shape index (κ3) is 4.02. The SMILES string of the molecule is Cc1cc(F)c(F)cc1S(=O)(=O)NC(O)c1cn(C)c(-c2c(F)cccc2F)n1. The Labute approximate surface area is 163 Å². The highest BCUT2D eigenvalue weighted by molar-refractivity contribution is 7.89. The summed E-state index contributed by atoms with van der Waals surface area (Å²) < 4.78 is 82.7. The standard InChI is InChI=1S/C18H15F4N3O3S/c1-9-6-12(21)13(22)7-15(9)29(27,28)24-18(26)14-8-25(2)17(23-14)16-10(19)4-3-5-11(16)20/h3-8,18,24,26H,1-2H3. The molecule has 0 radical (unpaired) electrons. The Hall–Kier alpha value is -2.76. The number of aromatic nitrogens is 2. The number of aliphatic hydroxyl groups excluding tert-OH is 1. The summed E-state index contributed by atoms with van der Waals surface area (Å²) in [6.07, 6.45) is -0.741. The molecule has 0 aliphatic carbocycles. The van der Waals surface area contributed by atoms with Crippen molar-refractivity contribution in [3.8, 4) is 11.4 Å². The number of nitrogens with zero attached hydrogens (tertiary/aromatic N) is 2. The van der Waals surface area contributed by atoms with Gasteiger partial charge in [-0.25, -0.2) is 31.0 Å². The number of aryl methyl sites for hydroxylation is 2. The van der Waals surface area contributed by atoms with E-state index >= 15 is 0 Å². The Bertz CT molecular complexity index is 1180. The maximum Gasteiger partial charge on any atom is 0.243 e. The predicted octanol–water partition coefficient (Wildman–Crippen LogP) is 2.92. The predicted molar refractivity (Wildman–Crippen MR) is 94.9 cm³/mol. The smallest absolute Gasteiger partial charge is 0.243 e. The van der Waals surface area contributed by atoms with Crippen LogP contribution in [0.25, 0.3) is 11.4 Å². The highest BCUT2D eigenvalue weighted by Gasteiger charge is 2.26. The fourth-order valence-electron chi connectivity index (χ4n) is 2.75. The number of halogens is 4. The molecule has 29 heavy (non-hydrogen) atoms. The van der Waals surface area contributed by atoms with Crippen molar-refractivity contribution >= 4 is 10.0 Å². The van der Waals surface area contributed by atoms with E-state index < -0.39 is 50.0 Å². The highest BCUT2D eigenvalue weighted by Crippen LogP contribution is 2.27. The molecule has 0 saturated carbocycles. The Morgan fingerprint density at radius 2 is 1.66 bits per heavy atom. The van der Waals surface area contributed by atoms with Crippen LogP contribution >= 0.6 is 0 Å². The average molecular weight is 429 g/mol. The van der Waals surface area contributed by atoms with Gasteiger partial charge in [0.25, 0.3) is 0 Å². The van der Waals surface area contributed by atoms with E-state index in [0.29, 0.717) is 12.1 Å². The molecule has 1 atom stereocenters. The first-order valence-corrected chi connectivity index (χ1v) is 9.63. The summed E-state index contributed by atoms with van der Waals surface area (Å²) in [6, 6.07) is 4.41. The van der Waals surface area contributed by atoms with Gasteiger partial charge in [-0.1, -0.05) is 6.07 Å². The minimum Gasteiger partial charge on any atom is -0.372 e. The summed E-state index contributed by atoms with van der Waals surface area (Å²) >= 11 is 0. The van der Waals surface area contributed by atoms with Gasteiger partial charge in [-0.2, -0.15) is 4.72 Å². The summed E-state index contributed by atoms with van der Waals surface area (Å²) in [5, 5.41) is 10.2. The van der Waals surface area contributed by atoms with Crippen LogP contribution in [0.3, 0.4) is 0 Å². The van der Waals surface area contributed by atoms with Gasteiger partial charge in [0.05, 0.1) is 10.5 Å². The van der Waals surface area contributed by atoms with E-state index in [1.54, 1.807) is 0 Å². The van der Waals surface area contributed by atoms with E-state index in [-0.39, 0.29) is 17.1 Å². The molecule has 0 bridgehead atoms. The second-order valence-electron chi connectivity index (χ2n) is 6.25. The van der Waals surface area contributed by atoms with Crippen LogP contribution in [0.5, 0.6) is 0 Å². The lowest BCUT2D eigenvalue weighted by Gasteiger charge is -2.13. The summed E-state index contributed by atoms with van der Waals surface area (Å²) in [5.74, 6) is -4.56. The fourth-order valence-corrected chi connectivity index (χ4v) is 4.04. The number of imidazole rings is 1. The summed E-state index contributed by atoms with van der Waals surface area (Å²) in [6.45, 7) is 1.25. The third-order valence-electron chi connectivity index (χ3n) is 4.14. The monoisotopic (exact) mass is 429 g/mol. The largest absolute Gasteiger partial charge is 0.372 e. The molecular weight excluding hydrogens is 414 g/mol. The van der Waals surface area contributed by atoms with Crippen LogP contribution in [0.2, 0.25) is 0 Å². The molecule has 0 fully saturated rings. The number of sulfonamides is 1. The first kappa shape index (κ1) is 21.0. The Morgan fingerprint density at radius 1 is 1.07 bits per heavy atom. The molecule has 154 valence electrons. The van der Waals surface area contributed by atoms with Gasteiger partial charge in [0.2, 0.25) is 10.0 Å². The molecule has 6 nitrogen and oxygen atoms in total. The first-order chi connectivity index (χ1) is 13.5. The van der Waals surface area contributed by atoms with Crippen LogP contribution in [0.4, 0.5) is 17.6 Å². The van der Waals surface area contributed by atoms with Gasteiger partial charge in [-0.05, 0) is 36.8 Å². The number of hydrogen-bond acceptors (Lipinski definition) is 4. The van der Waals surface area contributed by atoms with E-state index in [1.807, 2.05) is 4.72 Å². The van der Waals surface area contributed by atoms with Crippen LogP contribution in [0, 0.1) is 30.2 Å². The van der Waals surface area contributed by atoms with Gasteiger partial charge >= 0.3 is 0 Å². The van der Waals surface area contributed by atoms with Crippen LogP contribution in [0.15, 0.2) is 41.4 Å². The van der Waals surface area contributed by atoms with Crippen LogP contribution < -0.4 is 4.72 Å². The zero-order chi connectivity index (χ0) is 21.5. The van der Waals surface area contributed by atoms with Crippen LogP contribution in [-0.4, -0.2) is 23.1 Å². The number of hydrogen-bond donors (Lipinski definition) is 2. The van der Waals surface area contributed by atoms with Crippen molar-refractivity contribution < 1.29 is 31.1 Å². The van der Waals surface area contributed by atoms with Gasteiger partial charge in [0.15, 0.2) is 17.9 Å². The molecule has 1 unspecified atom stereocenters. The second kappa shape index (κ2) is 7.58. The topological polar surface area (TPSA) is 84.2 Å². The highest BCUT2D eigenvalue weighted by atomic mass is 32.2. The van der Waals surface area contributed by atoms with E-state index in [2.05, 4.69) is 4.98 Å². The Balaban J connectivity index is 1.94. The van der Waals surface area contributed by atoms with E-state index in [9.17, 15) is 31.1 Å². The van der Waals surface area contributed by atoms with Crippen molar-refractivity contribution in [1.29, 1.82) is 0 Å². The zero-order valence-electron chi connectivity index (χ0n) is 15.1. The van der Waals surface area contributed by atoms with Crippen molar-refractivity contribution in [3.63, 3.8) is 0 Å². The zero-order valence-corrected chi connectivity index (χ0v) is 15.9. The van der Waals surface area contributed by atoms with Gasteiger partial charge in [-0.3, -0.25) is 0 Å². The van der Waals surface area contributed by atoms with Crippen LogP contribution in [-0.2, 0) is 17.1 Å². The average Bonchev–Trinajstić information content (AvgIpc) is 2.99. The number of rotatable bonds is 5. The minimum absolute atomic E-state index is 0.0845. The van der Waals surface area contributed by atoms with E-state index in [1.165, 1.54) is 30.8 Å². The normalized spacial score (nSPS) is 12.9. The molecule has 1 aromatic heterocycles. The summed E-state index contributed by atoms with van der Waals surface area (Å²) in [4.78, 5) is 3.33. The first-order valence-electron chi connectivity index (χ1n) is 8.15. The lowest BCUT2D eigenvalue weighted by molar-refractivity contribution is 0.162. The van der Waals surface area contributed by atoms with E-state index in [0.717, 1.165) is 12.1 Å². The number of aliphatic hydroxyl groups is 1. The van der Waals surface area contributed by atoms with Crippen LogP contribution in [0.1, 0.15) is 17.5 Å². The number of benzene rings is 2. The molecule has 0 amide bonds. The Kier molecular flexibility index (Phi) is 5.48. The number of nitrogens with one attached hydrogen (secondary N) is 1. The van der Waals surface area contributed by atoms with E-state index in [4.69, 9.17) is 0 Å². The summed E-state index contributed by atoms with van der Waals surface area (Å²) in [7, 11) is -3.07. The van der Waals surface area contributed by atoms with Crippen molar-refractivity contribution in [1.82, 2.24) is 14.3 Å². The molecule has 11 heteroatoms. The van der Waals surface area contributed by atoms with Gasteiger partial charge < -0.3 is 9.67 Å². The minimum atomic E-state index is -4.47. The van der Waals surface area contributed by atoms with Crippen molar-refractivity contribution in [3.05, 3.63) is 71.1 Å². The quantitative estimate of drug-likeness (QED) is 0.483. The molecule has 3 rings (SSSR count). The molecule has 0 saturated heterocycles.